The summed E-state index contributed by atoms with van der Waals surface area (Å²) in [5.41, 5.74) is 0. The molecule has 0 aliphatic heterocycles. The first kappa shape index (κ1) is 9.19. The van der Waals surface area contributed by atoms with E-state index in [2.05, 4.69) is 6.07 Å². The van der Waals surface area contributed by atoms with Crippen LogP contribution in [0.2, 0.25) is 0 Å². The third-order valence-corrected chi connectivity index (χ3v) is 1.66. The monoisotopic (exact) mass is 149 g/mol. The molecule has 2 aromatic rings. The van der Waals surface area contributed by atoms with Crippen molar-refractivity contribution in [3.8, 4) is 5.75 Å². The summed E-state index contributed by atoms with van der Waals surface area (Å²) in [7, 11) is 0. The molecule has 0 bridgehead atoms. The average Bonchev–Trinajstić information content (AvgIpc) is 2.06. The van der Waals surface area contributed by atoms with Gasteiger partial charge in [-0.25, -0.2) is 0 Å². The fraction of sp³-hybridized carbons (Fsp3) is 0. The molecule has 0 N–H and O–H groups in total. The molecule has 0 radical (unpaired) electrons. The van der Waals surface area contributed by atoms with Gasteiger partial charge in [0.2, 0.25) is 0 Å². The first-order chi connectivity index (χ1) is 5.38. The van der Waals surface area contributed by atoms with Gasteiger partial charge in [0.25, 0.3) is 0 Å². The third-order valence-electron chi connectivity index (χ3n) is 1.66. The van der Waals surface area contributed by atoms with E-state index < -0.39 is 0 Å². The van der Waals surface area contributed by atoms with Crippen LogP contribution in [0, 0.1) is 6.07 Å². The molecule has 0 unspecified atom stereocenters. The Morgan fingerprint density at radius 1 is 1.08 bits per heavy atom. The van der Waals surface area contributed by atoms with E-state index >= 15 is 0 Å². The van der Waals surface area contributed by atoms with Gasteiger partial charge in [0.1, 0.15) is 0 Å². The first-order valence-corrected chi connectivity index (χ1v) is 3.44. The minimum absolute atomic E-state index is 0. The van der Waals surface area contributed by atoms with E-state index in [1.165, 1.54) is 0 Å². The maximum atomic E-state index is 11.1. The molecule has 2 heteroatoms. The van der Waals surface area contributed by atoms with Gasteiger partial charge in [0.15, 0.2) is 0 Å². The fourth-order valence-corrected chi connectivity index (χ4v) is 1.12. The Balaban J connectivity index is 0.000000720. The molecule has 0 spiro atoms. The van der Waals surface area contributed by atoms with Gasteiger partial charge in [-0.15, -0.1) is 35.7 Å². The van der Waals surface area contributed by atoms with Crippen molar-refractivity contribution in [3.05, 3.63) is 42.5 Å². The summed E-state index contributed by atoms with van der Waals surface area (Å²) in [6.07, 6.45) is 0. The van der Waals surface area contributed by atoms with Crippen LogP contribution < -0.4 is 24.0 Å². The van der Waals surface area contributed by atoms with Crippen LogP contribution in [0.4, 0.5) is 0 Å². The van der Waals surface area contributed by atoms with E-state index in [1.54, 1.807) is 18.2 Å². The van der Waals surface area contributed by atoms with Crippen molar-refractivity contribution in [1.29, 1.82) is 0 Å². The van der Waals surface area contributed by atoms with E-state index in [1.807, 2.05) is 18.2 Å². The van der Waals surface area contributed by atoms with Crippen LogP contribution in [0.25, 0.3) is 10.8 Å². The molecule has 0 atom stereocenters. The molecule has 1 nitrogen and oxygen atoms in total. The summed E-state index contributed by atoms with van der Waals surface area (Å²) in [6, 6.07) is 13.7. The Bertz CT molecular complexity index is 379. The van der Waals surface area contributed by atoms with Crippen molar-refractivity contribution >= 4 is 10.8 Å². The van der Waals surface area contributed by atoms with E-state index in [0.717, 1.165) is 5.39 Å². The van der Waals surface area contributed by atoms with Gasteiger partial charge in [0, 0.05) is 0 Å². The van der Waals surface area contributed by atoms with Crippen LogP contribution in [0.5, 0.6) is 5.75 Å². The molecule has 0 aliphatic rings. The van der Waals surface area contributed by atoms with Crippen molar-refractivity contribution in [3.63, 3.8) is 0 Å². The van der Waals surface area contributed by atoms with Gasteiger partial charge in [-0.3, -0.25) is 0 Å². The number of hydrogen-bond acceptors (Lipinski definition) is 1. The summed E-state index contributed by atoms with van der Waals surface area (Å²) in [6.45, 7) is 0. The molecule has 54 valence electrons. The molecule has 0 saturated carbocycles. The number of fused-ring (bicyclic) bond motifs is 1. The van der Waals surface area contributed by atoms with Crippen molar-refractivity contribution < 1.29 is 24.0 Å². The molecule has 0 aliphatic carbocycles. The predicted octanol–water partition coefficient (Wildman–Crippen LogP) is -1.28. The summed E-state index contributed by atoms with van der Waals surface area (Å²) in [5.74, 6) is 0.0445. The van der Waals surface area contributed by atoms with Crippen LogP contribution in [0.1, 0.15) is 0 Å². The molecule has 0 heterocycles. The topological polar surface area (TPSA) is 23.1 Å². The minimum atomic E-state index is 0. The van der Waals surface area contributed by atoms with Gasteiger partial charge in [-0.2, -0.15) is 11.1 Å². The van der Waals surface area contributed by atoms with Crippen LogP contribution in [0.15, 0.2) is 36.4 Å². The van der Waals surface area contributed by atoms with Gasteiger partial charge in [-0.1, -0.05) is 12.1 Å². The van der Waals surface area contributed by atoms with Gasteiger partial charge >= 0.3 is 18.9 Å². The van der Waals surface area contributed by atoms with Crippen molar-refractivity contribution in [1.82, 2.24) is 0 Å². The molecule has 0 amide bonds. The van der Waals surface area contributed by atoms with Gasteiger partial charge in [-0.05, 0) is 0 Å². The maximum Gasteiger partial charge on any atom is 1.00 e. The van der Waals surface area contributed by atoms with Gasteiger partial charge < -0.3 is 5.11 Å². The Kier molecular flexibility index (Phi) is 2.81. The normalized spacial score (nSPS) is 9.33. The van der Waals surface area contributed by atoms with Crippen LogP contribution in [-0.4, -0.2) is 0 Å². The smallest absolute Gasteiger partial charge is 0.914 e. The Morgan fingerprint density at radius 2 is 1.83 bits per heavy atom. The Hall–Kier alpha value is -0.903. The van der Waals surface area contributed by atoms with Crippen molar-refractivity contribution in [2.45, 2.75) is 0 Å². The largest absolute Gasteiger partial charge is 1.00 e. The number of rotatable bonds is 0. The summed E-state index contributed by atoms with van der Waals surface area (Å²) >= 11 is 0. The second-order valence-electron chi connectivity index (χ2n) is 2.39. The summed E-state index contributed by atoms with van der Waals surface area (Å²) < 4.78 is 0. The van der Waals surface area contributed by atoms with E-state index in [0.29, 0.717) is 5.39 Å². The zero-order chi connectivity index (χ0) is 7.68. The molecule has 0 fully saturated rings. The standard InChI is InChI=1S/C10H7O.Li/c11-10-7-3-5-8-4-1-2-6-9(8)10;/h1-5,7,11H;/q-1;+1/p-1. The summed E-state index contributed by atoms with van der Waals surface area (Å²) in [5, 5.41) is 12.8. The molecule has 2 aromatic carbocycles. The van der Waals surface area contributed by atoms with E-state index in [9.17, 15) is 5.11 Å². The van der Waals surface area contributed by atoms with E-state index in [-0.39, 0.29) is 24.6 Å². The van der Waals surface area contributed by atoms with Crippen LogP contribution in [-0.2, 0) is 0 Å². The quantitative estimate of drug-likeness (QED) is 0.338. The first-order valence-electron chi connectivity index (χ1n) is 3.44. The van der Waals surface area contributed by atoms with E-state index in [4.69, 9.17) is 0 Å². The third kappa shape index (κ3) is 1.48. The maximum absolute atomic E-state index is 11.1. The SMILES string of the molecule is [Li+].[O-]c1cccc2ccc[c-]c12. The zero-order valence-corrected chi connectivity index (χ0v) is 6.87. The molecule has 0 saturated heterocycles. The average molecular weight is 149 g/mol. The number of benzene rings is 2. The summed E-state index contributed by atoms with van der Waals surface area (Å²) in [4.78, 5) is 0. The minimum Gasteiger partial charge on any atom is -0.914 e. The zero-order valence-electron chi connectivity index (χ0n) is 6.87. The predicted molar refractivity (Wildman–Crippen MR) is 42.2 cm³/mol. The van der Waals surface area contributed by atoms with Crippen molar-refractivity contribution in [2.75, 3.05) is 0 Å². The Labute approximate surface area is 83.2 Å². The second kappa shape index (κ2) is 3.67. The fourth-order valence-electron chi connectivity index (χ4n) is 1.12. The van der Waals surface area contributed by atoms with Crippen LogP contribution >= 0.6 is 0 Å². The molecular formula is C10H6LiO-. The molecular weight excluding hydrogens is 143 g/mol. The van der Waals surface area contributed by atoms with Crippen molar-refractivity contribution in [2.24, 2.45) is 0 Å². The molecule has 2 rings (SSSR count). The second-order valence-corrected chi connectivity index (χ2v) is 2.39. The van der Waals surface area contributed by atoms with Gasteiger partial charge in [0.05, 0.1) is 0 Å². The Morgan fingerprint density at radius 3 is 2.58 bits per heavy atom. The number of hydrogen-bond donors (Lipinski definition) is 0. The van der Waals surface area contributed by atoms with Crippen LogP contribution in [0.3, 0.4) is 0 Å². The molecule has 12 heavy (non-hydrogen) atoms. The molecule has 0 aromatic heterocycles.